The van der Waals surface area contributed by atoms with Crippen molar-refractivity contribution in [3.63, 3.8) is 0 Å². The van der Waals surface area contributed by atoms with Gasteiger partial charge < -0.3 is 4.74 Å². The third kappa shape index (κ3) is 3.71. The molecule has 6 rings (SSSR count). The standard InChI is InChI=1S/C26H24N4O/c1-2-8-27-24(3-1)26-16-21-14-19(5-7-23(21)29-26)25-15-20-13-18(4-6-22(20)28-25)17-30-9-11-31-12-10-30/h1-8,13-14H,9-12,15-17H2. The number of hydrogen-bond donors (Lipinski definition) is 0. The lowest BCUT2D eigenvalue weighted by molar-refractivity contribution is 0.0342. The van der Waals surface area contributed by atoms with Crippen LogP contribution in [0.4, 0.5) is 11.4 Å². The largest absolute Gasteiger partial charge is 0.379 e. The third-order valence-electron chi connectivity index (χ3n) is 6.25. The average molecular weight is 409 g/mol. The third-order valence-corrected chi connectivity index (χ3v) is 6.25. The van der Waals surface area contributed by atoms with E-state index in [0.717, 1.165) is 74.2 Å². The lowest BCUT2D eigenvalue weighted by atomic mass is 9.99. The topological polar surface area (TPSA) is 50.1 Å². The van der Waals surface area contributed by atoms with Gasteiger partial charge >= 0.3 is 0 Å². The van der Waals surface area contributed by atoms with Crippen molar-refractivity contribution in [2.75, 3.05) is 26.3 Å². The molecule has 0 amide bonds. The zero-order chi connectivity index (χ0) is 20.6. The fraction of sp³-hybridized carbons (Fsp3) is 0.269. The Morgan fingerprint density at radius 1 is 0.806 bits per heavy atom. The molecule has 0 saturated carbocycles. The van der Waals surface area contributed by atoms with E-state index < -0.39 is 0 Å². The summed E-state index contributed by atoms with van der Waals surface area (Å²) in [6, 6.07) is 19.2. The quantitative estimate of drug-likeness (QED) is 0.648. The van der Waals surface area contributed by atoms with Gasteiger partial charge in [0.05, 0.1) is 41.7 Å². The number of fused-ring (bicyclic) bond motifs is 2. The monoisotopic (exact) mass is 408 g/mol. The number of pyridine rings is 1. The summed E-state index contributed by atoms with van der Waals surface area (Å²) in [4.78, 5) is 16.7. The molecule has 0 radical (unpaired) electrons. The van der Waals surface area contributed by atoms with E-state index >= 15 is 0 Å². The van der Waals surface area contributed by atoms with E-state index in [-0.39, 0.29) is 0 Å². The van der Waals surface area contributed by atoms with Crippen LogP contribution in [0.3, 0.4) is 0 Å². The van der Waals surface area contributed by atoms with Crippen molar-refractivity contribution in [3.8, 4) is 0 Å². The summed E-state index contributed by atoms with van der Waals surface area (Å²) in [5.74, 6) is 0. The van der Waals surface area contributed by atoms with Crippen LogP contribution in [0.25, 0.3) is 0 Å². The number of morpholine rings is 1. The van der Waals surface area contributed by atoms with E-state index in [1.54, 1.807) is 0 Å². The van der Waals surface area contributed by atoms with Crippen molar-refractivity contribution in [2.45, 2.75) is 19.4 Å². The minimum absolute atomic E-state index is 0.824. The molecule has 5 heteroatoms. The first kappa shape index (κ1) is 18.6. The minimum atomic E-state index is 0.824. The van der Waals surface area contributed by atoms with Crippen LogP contribution in [0.15, 0.2) is 70.8 Å². The van der Waals surface area contributed by atoms with Gasteiger partial charge in [-0.1, -0.05) is 24.3 Å². The molecule has 3 aromatic rings. The van der Waals surface area contributed by atoms with Gasteiger partial charge in [0.1, 0.15) is 0 Å². The Balaban J connectivity index is 1.18. The predicted octanol–water partition coefficient (Wildman–Crippen LogP) is 4.27. The summed E-state index contributed by atoms with van der Waals surface area (Å²) in [5, 5.41) is 0. The Kier molecular flexibility index (Phi) is 4.70. The second-order valence-corrected chi connectivity index (χ2v) is 8.38. The maximum atomic E-state index is 5.47. The van der Waals surface area contributed by atoms with Crippen LogP contribution < -0.4 is 0 Å². The van der Waals surface area contributed by atoms with E-state index in [4.69, 9.17) is 14.7 Å². The molecule has 31 heavy (non-hydrogen) atoms. The number of benzene rings is 2. The highest BCUT2D eigenvalue weighted by Gasteiger charge is 2.21. The molecule has 1 aromatic heterocycles. The number of ether oxygens (including phenoxy) is 1. The maximum Gasteiger partial charge on any atom is 0.0848 e. The molecule has 0 atom stereocenters. The van der Waals surface area contributed by atoms with Gasteiger partial charge in [0, 0.05) is 38.7 Å². The predicted molar refractivity (Wildman–Crippen MR) is 123 cm³/mol. The Labute approximate surface area is 182 Å². The first-order valence-electron chi connectivity index (χ1n) is 10.9. The van der Waals surface area contributed by atoms with Crippen molar-refractivity contribution in [2.24, 2.45) is 9.98 Å². The summed E-state index contributed by atoms with van der Waals surface area (Å²) in [5.41, 5.74) is 10.4. The molecule has 0 unspecified atom stereocenters. The number of hydrogen-bond acceptors (Lipinski definition) is 5. The molecular formula is C26H24N4O. The molecule has 2 aromatic carbocycles. The lowest BCUT2D eigenvalue weighted by Crippen LogP contribution is -2.35. The van der Waals surface area contributed by atoms with Gasteiger partial charge in [-0.25, -0.2) is 0 Å². The second-order valence-electron chi connectivity index (χ2n) is 8.38. The highest BCUT2D eigenvalue weighted by Crippen LogP contribution is 2.33. The van der Waals surface area contributed by atoms with Crippen LogP contribution in [-0.2, 0) is 24.1 Å². The van der Waals surface area contributed by atoms with Crippen LogP contribution >= 0.6 is 0 Å². The van der Waals surface area contributed by atoms with Gasteiger partial charge in [0.25, 0.3) is 0 Å². The molecule has 3 aliphatic rings. The van der Waals surface area contributed by atoms with Crippen molar-refractivity contribution >= 4 is 22.8 Å². The molecular weight excluding hydrogens is 384 g/mol. The molecule has 0 aliphatic carbocycles. The highest BCUT2D eigenvalue weighted by atomic mass is 16.5. The summed E-state index contributed by atoms with van der Waals surface area (Å²) in [6.07, 6.45) is 3.53. The highest BCUT2D eigenvalue weighted by molar-refractivity contribution is 6.09. The molecule has 0 bridgehead atoms. The van der Waals surface area contributed by atoms with E-state index in [9.17, 15) is 0 Å². The number of aliphatic imine (C=N–C) groups is 2. The minimum Gasteiger partial charge on any atom is -0.379 e. The summed E-state index contributed by atoms with van der Waals surface area (Å²) >= 11 is 0. The fourth-order valence-corrected chi connectivity index (χ4v) is 4.60. The number of rotatable bonds is 4. The van der Waals surface area contributed by atoms with Crippen LogP contribution in [0.1, 0.15) is 27.9 Å². The molecule has 0 spiro atoms. The van der Waals surface area contributed by atoms with Gasteiger partial charge in [0.2, 0.25) is 0 Å². The fourth-order valence-electron chi connectivity index (χ4n) is 4.60. The Bertz CT molecular complexity index is 1190. The maximum absolute atomic E-state index is 5.47. The zero-order valence-electron chi connectivity index (χ0n) is 17.4. The molecule has 154 valence electrons. The normalized spacial score (nSPS) is 17.8. The van der Waals surface area contributed by atoms with Gasteiger partial charge in [0.15, 0.2) is 0 Å². The van der Waals surface area contributed by atoms with Crippen LogP contribution in [-0.4, -0.2) is 47.6 Å². The summed E-state index contributed by atoms with van der Waals surface area (Å²) in [6.45, 7) is 4.68. The zero-order valence-corrected chi connectivity index (χ0v) is 17.4. The van der Waals surface area contributed by atoms with Crippen LogP contribution in [0.5, 0.6) is 0 Å². The molecule has 4 heterocycles. The second kappa shape index (κ2) is 7.84. The Hall–Kier alpha value is -3.15. The Morgan fingerprint density at radius 2 is 1.58 bits per heavy atom. The van der Waals surface area contributed by atoms with Crippen molar-refractivity contribution in [1.29, 1.82) is 0 Å². The van der Waals surface area contributed by atoms with Crippen molar-refractivity contribution in [3.05, 3.63) is 88.7 Å². The van der Waals surface area contributed by atoms with Gasteiger partial charge in [-0.05, 0) is 52.6 Å². The van der Waals surface area contributed by atoms with Crippen LogP contribution in [0.2, 0.25) is 0 Å². The van der Waals surface area contributed by atoms with Gasteiger partial charge in [-0.2, -0.15) is 0 Å². The van der Waals surface area contributed by atoms with E-state index in [2.05, 4.69) is 46.3 Å². The number of aromatic nitrogens is 1. The summed E-state index contributed by atoms with van der Waals surface area (Å²) < 4.78 is 5.47. The van der Waals surface area contributed by atoms with E-state index in [1.807, 2.05) is 24.4 Å². The molecule has 0 N–H and O–H groups in total. The Morgan fingerprint density at radius 3 is 2.42 bits per heavy atom. The van der Waals surface area contributed by atoms with Gasteiger partial charge in [-0.3, -0.25) is 19.9 Å². The van der Waals surface area contributed by atoms with Crippen molar-refractivity contribution in [1.82, 2.24) is 9.88 Å². The lowest BCUT2D eigenvalue weighted by Gasteiger charge is -2.26. The SMILES string of the molecule is c1ccc(C2=Nc3ccc(C4=Nc5ccc(CN6CCOCC6)cc5C4)cc3C2)nc1. The summed E-state index contributed by atoms with van der Waals surface area (Å²) in [7, 11) is 0. The first-order valence-corrected chi connectivity index (χ1v) is 10.9. The van der Waals surface area contributed by atoms with Crippen LogP contribution in [0, 0.1) is 0 Å². The molecule has 3 aliphatic heterocycles. The first-order chi connectivity index (χ1) is 15.3. The van der Waals surface area contributed by atoms with Crippen molar-refractivity contribution < 1.29 is 4.74 Å². The number of nitrogens with zero attached hydrogens (tertiary/aromatic N) is 4. The molecule has 1 saturated heterocycles. The molecule has 5 nitrogen and oxygen atoms in total. The van der Waals surface area contributed by atoms with Gasteiger partial charge in [-0.15, -0.1) is 0 Å². The average Bonchev–Trinajstić information content (AvgIpc) is 3.44. The smallest absolute Gasteiger partial charge is 0.0848 e. The van der Waals surface area contributed by atoms with E-state index in [0.29, 0.717) is 0 Å². The molecule has 1 fully saturated rings. The van der Waals surface area contributed by atoms with E-state index in [1.165, 1.54) is 22.3 Å².